The number of carbonyl (C=O) groups is 1. The molecule has 0 aliphatic rings. The molecule has 0 atom stereocenters. The van der Waals surface area contributed by atoms with Crippen molar-refractivity contribution >= 4 is 5.78 Å². The summed E-state index contributed by atoms with van der Waals surface area (Å²) in [5, 5.41) is 0. The number of hydrogen-bond acceptors (Lipinski definition) is 2. The van der Waals surface area contributed by atoms with E-state index < -0.39 is 0 Å². The second kappa shape index (κ2) is 4.65. The van der Waals surface area contributed by atoms with Gasteiger partial charge in [0, 0.05) is 12.8 Å². The molecular formula is C11H14O2. The molecule has 1 rings (SSSR count). The molecule has 1 heterocycles. The zero-order chi connectivity index (χ0) is 9.68. The average Bonchev–Trinajstić information content (AvgIpc) is 2.51. The number of ketones is 1. The minimum atomic E-state index is 0.100. The molecule has 0 N–H and O–H groups in total. The second-order valence-corrected chi connectivity index (χ2v) is 3.04. The van der Waals surface area contributed by atoms with E-state index in [-0.39, 0.29) is 5.78 Å². The van der Waals surface area contributed by atoms with Crippen molar-refractivity contribution in [2.45, 2.75) is 26.2 Å². The van der Waals surface area contributed by atoms with Gasteiger partial charge in [-0.05, 0) is 31.6 Å². The molecule has 1 aromatic rings. The second-order valence-electron chi connectivity index (χ2n) is 3.04. The molecule has 0 unspecified atom stereocenters. The summed E-state index contributed by atoms with van der Waals surface area (Å²) in [6, 6.07) is 3.89. The summed E-state index contributed by atoms with van der Waals surface area (Å²) < 4.78 is 5.36. The van der Waals surface area contributed by atoms with Crippen molar-refractivity contribution in [3.05, 3.63) is 36.3 Å². The van der Waals surface area contributed by atoms with Crippen molar-refractivity contribution in [3.63, 3.8) is 0 Å². The molecule has 0 saturated heterocycles. The lowest BCUT2D eigenvalue weighted by molar-refractivity contribution is -0.114. The first-order chi connectivity index (χ1) is 6.22. The molecule has 0 aliphatic carbocycles. The van der Waals surface area contributed by atoms with Gasteiger partial charge in [0.05, 0.1) is 0 Å². The molecule has 0 aliphatic heterocycles. The van der Waals surface area contributed by atoms with Gasteiger partial charge < -0.3 is 4.42 Å². The third kappa shape index (κ3) is 3.28. The van der Waals surface area contributed by atoms with Gasteiger partial charge in [0.2, 0.25) is 0 Å². The van der Waals surface area contributed by atoms with Crippen LogP contribution in [0.4, 0.5) is 0 Å². The van der Waals surface area contributed by atoms with Crippen LogP contribution in [0.1, 0.15) is 24.4 Å². The Labute approximate surface area is 78.3 Å². The minimum Gasteiger partial charge on any atom is -0.466 e. The summed E-state index contributed by atoms with van der Waals surface area (Å²) in [4.78, 5) is 10.9. The van der Waals surface area contributed by atoms with Crippen molar-refractivity contribution < 1.29 is 9.21 Å². The largest absolute Gasteiger partial charge is 0.466 e. The summed E-state index contributed by atoms with van der Waals surface area (Å²) in [6.45, 7) is 5.33. The smallest absolute Gasteiger partial charge is 0.155 e. The maximum absolute atomic E-state index is 10.9. The van der Waals surface area contributed by atoms with E-state index in [1.165, 1.54) is 6.08 Å². The van der Waals surface area contributed by atoms with Gasteiger partial charge in [-0.25, -0.2) is 0 Å². The van der Waals surface area contributed by atoms with Crippen LogP contribution < -0.4 is 0 Å². The number of aryl methyl sites for hydroxylation is 2. The summed E-state index contributed by atoms with van der Waals surface area (Å²) in [6.07, 6.45) is 3.59. The maximum Gasteiger partial charge on any atom is 0.155 e. The van der Waals surface area contributed by atoms with Gasteiger partial charge in [0.15, 0.2) is 5.78 Å². The zero-order valence-electron chi connectivity index (χ0n) is 7.88. The van der Waals surface area contributed by atoms with Gasteiger partial charge in [-0.2, -0.15) is 0 Å². The topological polar surface area (TPSA) is 30.2 Å². The van der Waals surface area contributed by atoms with Crippen molar-refractivity contribution in [1.29, 1.82) is 0 Å². The summed E-state index contributed by atoms with van der Waals surface area (Å²) in [5.41, 5.74) is 0. The Morgan fingerprint density at radius 2 is 2.38 bits per heavy atom. The molecule has 0 fully saturated rings. The van der Waals surface area contributed by atoms with Crippen LogP contribution >= 0.6 is 0 Å². The molecule has 2 heteroatoms. The van der Waals surface area contributed by atoms with Crippen molar-refractivity contribution in [2.75, 3.05) is 0 Å². The highest BCUT2D eigenvalue weighted by molar-refractivity contribution is 5.88. The number of rotatable bonds is 5. The highest BCUT2D eigenvalue weighted by Gasteiger charge is 2.00. The molecule has 1 aromatic heterocycles. The highest BCUT2D eigenvalue weighted by atomic mass is 16.3. The van der Waals surface area contributed by atoms with Crippen molar-refractivity contribution in [2.24, 2.45) is 0 Å². The van der Waals surface area contributed by atoms with E-state index in [4.69, 9.17) is 4.42 Å². The van der Waals surface area contributed by atoms with Gasteiger partial charge in [0.25, 0.3) is 0 Å². The van der Waals surface area contributed by atoms with Gasteiger partial charge in [-0.1, -0.05) is 6.58 Å². The van der Waals surface area contributed by atoms with Crippen LogP contribution in [-0.4, -0.2) is 5.78 Å². The number of hydrogen-bond donors (Lipinski definition) is 0. The summed E-state index contributed by atoms with van der Waals surface area (Å²) in [5.74, 6) is 1.97. The lowest BCUT2D eigenvalue weighted by Crippen LogP contribution is -1.92. The Balaban J connectivity index is 2.27. The first-order valence-electron chi connectivity index (χ1n) is 4.43. The third-order valence-electron chi connectivity index (χ3n) is 1.87. The van der Waals surface area contributed by atoms with Crippen LogP contribution in [0.25, 0.3) is 0 Å². The molecule has 0 saturated carbocycles. The Hall–Kier alpha value is -1.31. The molecule has 0 aromatic carbocycles. The van der Waals surface area contributed by atoms with Crippen LogP contribution in [0, 0.1) is 6.92 Å². The monoisotopic (exact) mass is 178 g/mol. The lowest BCUT2D eigenvalue weighted by Gasteiger charge is -1.94. The van der Waals surface area contributed by atoms with E-state index in [9.17, 15) is 4.79 Å². The molecular weight excluding hydrogens is 164 g/mol. The number of furan rings is 1. The van der Waals surface area contributed by atoms with Crippen LogP contribution in [0.5, 0.6) is 0 Å². The molecule has 13 heavy (non-hydrogen) atoms. The van der Waals surface area contributed by atoms with E-state index in [0.29, 0.717) is 6.42 Å². The van der Waals surface area contributed by atoms with Gasteiger partial charge in [0.1, 0.15) is 11.5 Å². The van der Waals surface area contributed by atoms with Crippen LogP contribution in [0.15, 0.2) is 29.2 Å². The predicted octanol–water partition coefficient (Wildman–Crippen LogP) is 2.67. The first kappa shape index (κ1) is 9.78. The SMILES string of the molecule is C=CC(=O)CCCc1ccc(C)o1. The van der Waals surface area contributed by atoms with Crippen LogP contribution in [0.2, 0.25) is 0 Å². The fraction of sp³-hybridized carbons (Fsp3) is 0.364. The molecule has 70 valence electrons. The number of allylic oxidation sites excluding steroid dienone is 1. The Morgan fingerprint density at radius 1 is 1.62 bits per heavy atom. The molecule has 0 spiro atoms. The van der Waals surface area contributed by atoms with E-state index in [2.05, 4.69) is 6.58 Å². The van der Waals surface area contributed by atoms with Crippen LogP contribution in [-0.2, 0) is 11.2 Å². The Kier molecular flexibility index (Phi) is 3.50. The van der Waals surface area contributed by atoms with Gasteiger partial charge in [-0.3, -0.25) is 4.79 Å². The van der Waals surface area contributed by atoms with Crippen molar-refractivity contribution in [1.82, 2.24) is 0 Å². The Bertz CT molecular complexity index is 297. The number of carbonyl (C=O) groups excluding carboxylic acids is 1. The van der Waals surface area contributed by atoms with Gasteiger partial charge >= 0.3 is 0 Å². The minimum absolute atomic E-state index is 0.100. The molecule has 2 nitrogen and oxygen atoms in total. The van der Waals surface area contributed by atoms with Crippen molar-refractivity contribution in [3.8, 4) is 0 Å². The van der Waals surface area contributed by atoms with E-state index >= 15 is 0 Å². The summed E-state index contributed by atoms with van der Waals surface area (Å²) >= 11 is 0. The molecule has 0 bridgehead atoms. The normalized spacial score (nSPS) is 9.92. The lowest BCUT2D eigenvalue weighted by atomic mass is 10.1. The third-order valence-corrected chi connectivity index (χ3v) is 1.87. The first-order valence-corrected chi connectivity index (χ1v) is 4.43. The zero-order valence-corrected chi connectivity index (χ0v) is 7.88. The fourth-order valence-corrected chi connectivity index (χ4v) is 1.16. The van der Waals surface area contributed by atoms with E-state index in [1.54, 1.807) is 0 Å². The predicted molar refractivity (Wildman–Crippen MR) is 51.6 cm³/mol. The molecule has 0 radical (unpaired) electrons. The maximum atomic E-state index is 10.9. The standard InChI is InChI=1S/C11H14O2/c1-3-10(12)5-4-6-11-8-7-9(2)13-11/h3,7-8H,1,4-6H2,2H3. The average molecular weight is 178 g/mol. The van der Waals surface area contributed by atoms with E-state index in [0.717, 1.165) is 24.4 Å². The quantitative estimate of drug-likeness (QED) is 0.649. The highest BCUT2D eigenvalue weighted by Crippen LogP contribution is 2.09. The van der Waals surface area contributed by atoms with Gasteiger partial charge in [-0.15, -0.1) is 0 Å². The fourth-order valence-electron chi connectivity index (χ4n) is 1.16. The van der Waals surface area contributed by atoms with Crippen LogP contribution in [0.3, 0.4) is 0 Å². The summed E-state index contributed by atoms with van der Waals surface area (Å²) in [7, 11) is 0. The van der Waals surface area contributed by atoms with E-state index in [1.807, 2.05) is 19.1 Å². The molecule has 0 amide bonds. The Morgan fingerprint density at radius 3 is 2.92 bits per heavy atom.